The zero-order valence-corrected chi connectivity index (χ0v) is 11.0. The van der Waals surface area contributed by atoms with Crippen molar-refractivity contribution >= 4 is 22.8 Å². The molecule has 0 bridgehead atoms. The van der Waals surface area contributed by atoms with Gasteiger partial charge in [0.05, 0.1) is 5.69 Å². The Hall–Kier alpha value is -2.41. The predicted molar refractivity (Wildman–Crippen MR) is 68.6 cm³/mol. The number of fused-ring (bicyclic) bond motifs is 1. The van der Waals surface area contributed by atoms with Gasteiger partial charge in [-0.25, -0.2) is 0 Å². The molecule has 1 fully saturated rings. The fourth-order valence-electron chi connectivity index (χ4n) is 2.15. The van der Waals surface area contributed by atoms with Crippen LogP contribution in [0, 0.1) is 6.92 Å². The molecule has 0 spiro atoms. The van der Waals surface area contributed by atoms with Gasteiger partial charge in [-0.1, -0.05) is 11.2 Å². The lowest BCUT2D eigenvalue weighted by molar-refractivity contribution is -0.138. The largest absolute Gasteiger partial charge is 0.356 e. The van der Waals surface area contributed by atoms with Crippen LogP contribution in [-0.4, -0.2) is 30.1 Å². The van der Waals surface area contributed by atoms with E-state index in [-0.39, 0.29) is 0 Å². The Morgan fingerprint density at radius 3 is 3.00 bits per heavy atom. The summed E-state index contributed by atoms with van der Waals surface area (Å²) in [6, 6.07) is 5.40. The number of benzene rings is 1. The summed E-state index contributed by atoms with van der Waals surface area (Å²) in [5, 5.41) is 9.78. The molecule has 20 heavy (non-hydrogen) atoms. The van der Waals surface area contributed by atoms with E-state index in [4.69, 9.17) is 9.26 Å². The van der Waals surface area contributed by atoms with Crippen LogP contribution in [0.2, 0.25) is 0 Å². The van der Waals surface area contributed by atoms with Crippen LogP contribution in [-0.2, 0) is 14.3 Å². The van der Waals surface area contributed by atoms with Gasteiger partial charge in [0, 0.05) is 18.0 Å². The van der Waals surface area contributed by atoms with Gasteiger partial charge in [0.25, 0.3) is 11.8 Å². The molecule has 7 nitrogen and oxygen atoms in total. The molecule has 1 aromatic carbocycles. The Bertz CT molecular complexity index is 694. The maximum atomic E-state index is 11.7. The molecule has 2 atom stereocenters. The number of carbonyl (C=O) groups excluding carboxylic acids is 2. The molecule has 7 heteroatoms. The minimum atomic E-state index is -1.13. The van der Waals surface area contributed by atoms with Crippen molar-refractivity contribution in [2.24, 2.45) is 0 Å². The molecule has 0 aliphatic carbocycles. The second kappa shape index (κ2) is 4.61. The Balaban J connectivity index is 1.89. The summed E-state index contributed by atoms with van der Waals surface area (Å²) in [5.74, 6) is -0.926. The fraction of sp³-hybridized carbons (Fsp3) is 0.308. The predicted octanol–water partition coefficient (Wildman–Crippen LogP) is 0.396. The van der Waals surface area contributed by atoms with Gasteiger partial charge in [0.2, 0.25) is 6.10 Å². The molecule has 104 valence electrons. The van der Waals surface area contributed by atoms with E-state index in [1.165, 1.54) is 7.05 Å². The smallest absolute Gasteiger partial charge is 0.261 e. The molecule has 2 aromatic rings. The van der Waals surface area contributed by atoms with Gasteiger partial charge in [-0.3, -0.25) is 9.59 Å². The third-order valence-electron chi connectivity index (χ3n) is 3.25. The average Bonchev–Trinajstić information content (AvgIpc) is 3.02. The number of hydrogen-bond acceptors (Lipinski definition) is 5. The lowest BCUT2D eigenvalue weighted by Crippen LogP contribution is -2.38. The van der Waals surface area contributed by atoms with E-state index in [9.17, 15) is 9.59 Å². The van der Waals surface area contributed by atoms with Crippen molar-refractivity contribution in [2.75, 3.05) is 7.05 Å². The number of nitrogens with zero attached hydrogens (tertiary/aromatic N) is 1. The lowest BCUT2D eigenvalue weighted by Gasteiger charge is -2.10. The third kappa shape index (κ3) is 1.92. The van der Waals surface area contributed by atoms with Crippen LogP contribution in [0.5, 0.6) is 0 Å². The summed E-state index contributed by atoms with van der Waals surface area (Å²) in [7, 11) is 1.45. The van der Waals surface area contributed by atoms with Crippen LogP contribution >= 0.6 is 0 Å². The number of ether oxygens (including phenoxy) is 1. The van der Waals surface area contributed by atoms with Gasteiger partial charge in [-0.05, 0) is 19.1 Å². The summed E-state index contributed by atoms with van der Waals surface area (Å²) in [6.07, 6.45) is -1.79. The van der Waals surface area contributed by atoms with Gasteiger partial charge in [-0.2, -0.15) is 0 Å². The van der Waals surface area contributed by atoms with E-state index in [1.54, 1.807) is 6.07 Å². The summed E-state index contributed by atoms with van der Waals surface area (Å²) in [6.45, 7) is 1.85. The highest BCUT2D eigenvalue weighted by molar-refractivity contribution is 6.04. The van der Waals surface area contributed by atoms with E-state index >= 15 is 0 Å². The van der Waals surface area contributed by atoms with Crippen molar-refractivity contribution < 1.29 is 18.8 Å². The van der Waals surface area contributed by atoms with Crippen LogP contribution in [0.25, 0.3) is 11.0 Å². The van der Waals surface area contributed by atoms with E-state index in [1.807, 2.05) is 19.1 Å². The highest BCUT2D eigenvalue weighted by Gasteiger charge is 2.38. The Kier molecular flexibility index (Phi) is 2.90. The minimum Gasteiger partial charge on any atom is -0.356 e. The van der Waals surface area contributed by atoms with Crippen molar-refractivity contribution in [1.29, 1.82) is 0 Å². The molecule has 1 saturated heterocycles. The average molecular weight is 275 g/mol. The molecule has 3 rings (SSSR count). The summed E-state index contributed by atoms with van der Waals surface area (Å²) >= 11 is 0. The van der Waals surface area contributed by atoms with E-state index in [0.717, 1.165) is 11.1 Å². The zero-order valence-electron chi connectivity index (χ0n) is 11.0. The van der Waals surface area contributed by atoms with Crippen molar-refractivity contribution in [2.45, 2.75) is 19.3 Å². The zero-order chi connectivity index (χ0) is 14.3. The Labute approximate surface area is 114 Å². The first kappa shape index (κ1) is 12.6. The minimum absolute atomic E-state index is 0.455. The topological polar surface area (TPSA) is 93.5 Å². The first-order valence-corrected chi connectivity index (χ1v) is 6.13. The number of hydrogen-bond donors (Lipinski definition) is 2. The molecule has 1 aromatic heterocycles. The van der Waals surface area contributed by atoms with Gasteiger partial charge in [-0.15, -0.1) is 0 Å². The number of carbonyl (C=O) groups is 2. The standard InChI is InChI=1S/C13H13N3O4/c1-6-8-4-3-7(5-9(8)20-16-6)13-15-12(18)10(19-13)11(17)14-2/h3-5,10,13H,1-2H3,(H,14,17)(H,15,18). The van der Waals surface area contributed by atoms with E-state index in [0.29, 0.717) is 11.1 Å². The molecule has 2 heterocycles. The first-order chi connectivity index (χ1) is 9.60. The van der Waals surface area contributed by atoms with Crippen molar-refractivity contribution in [3.8, 4) is 0 Å². The molecule has 2 unspecified atom stereocenters. The molecule has 1 aliphatic heterocycles. The second-order valence-corrected chi connectivity index (χ2v) is 4.54. The van der Waals surface area contributed by atoms with Crippen molar-refractivity contribution in [3.05, 3.63) is 29.5 Å². The van der Waals surface area contributed by atoms with Crippen LogP contribution in [0.1, 0.15) is 17.5 Å². The monoisotopic (exact) mass is 275 g/mol. The SMILES string of the molecule is CNC(=O)C1OC(c2ccc3c(C)noc3c2)NC1=O. The van der Waals surface area contributed by atoms with Gasteiger partial charge < -0.3 is 19.9 Å². The number of nitrogens with one attached hydrogen (secondary N) is 2. The molecule has 0 radical (unpaired) electrons. The van der Waals surface area contributed by atoms with Crippen LogP contribution < -0.4 is 10.6 Å². The van der Waals surface area contributed by atoms with Gasteiger partial charge in [0.1, 0.15) is 0 Å². The molecule has 1 aliphatic rings. The van der Waals surface area contributed by atoms with Crippen LogP contribution in [0.3, 0.4) is 0 Å². The maximum absolute atomic E-state index is 11.7. The van der Waals surface area contributed by atoms with Crippen LogP contribution in [0.15, 0.2) is 22.7 Å². The Morgan fingerprint density at radius 1 is 1.45 bits per heavy atom. The van der Waals surface area contributed by atoms with E-state index < -0.39 is 24.1 Å². The molecule has 0 saturated carbocycles. The van der Waals surface area contributed by atoms with Crippen LogP contribution in [0.4, 0.5) is 0 Å². The molecule has 2 amide bonds. The normalized spacial score (nSPS) is 22.0. The first-order valence-electron chi connectivity index (χ1n) is 6.13. The number of likely N-dealkylation sites (N-methyl/N-ethyl adjacent to an activating group) is 1. The third-order valence-corrected chi connectivity index (χ3v) is 3.25. The molecular formula is C13H13N3O4. The Morgan fingerprint density at radius 2 is 2.25 bits per heavy atom. The number of aryl methyl sites for hydroxylation is 1. The fourth-order valence-corrected chi connectivity index (χ4v) is 2.15. The van der Waals surface area contributed by atoms with Crippen molar-refractivity contribution in [1.82, 2.24) is 15.8 Å². The number of amides is 2. The highest BCUT2D eigenvalue weighted by Crippen LogP contribution is 2.26. The number of rotatable bonds is 2. The maximum Gasteiger partial charge on any atom is 0.261 e. The van der Waals surface area contributed by atoms with Crippen molar-refractivity contribution in [3.63, 3.8) is 0 Å². The van der Waals surface area contributed by atoms with Gasteiger partial charge in [0.15, 0.2) is 11.8 Å². The summed E-state index contributed by atoms with van der Waals surface area (Å²) < 4.78 is 10.6. The lowest BCUT2D eigenvalue weighted by atomic mass is 10.1. The summed E-state index contributed by atoms with van der Waals surface area (Å²) in [4.78, 5) is 23.2. The quantitative estimate of drug-likeness (QED) is 0.774. The second-order valence-electron chi connectivity index (χ2n) is 4.54. The molecule has 2 N–H and O–H groups in total. The summed E-state index contributed by atoms with van der Waals surface area (Å²) in [5.41, 5.74) is 2.11. The number of aromatic nitrogens is 1. The van der Waals surface area contributed by atoms with E-state index in [2.05, 4.69) is 15.8 Å². The molecular weight excluding hydrogens is 262 g/mol. The van der Waals surface area contributed by atoms with Gasteiger partial charge >= 0.3 is 0 Å². The highest BCUT2D eigenvalue weighted by atomic mass is 16.5.